The molecule has 2 aromatic rings. The third-order valence-corrected chi connectivity index (χ3v) is 8.10. The zero-order valence-corrected chi connectivity index (χ0v) is 23.8. The maximum Gasteiger partial charge on any atom is 0.0249 e. The van der Waals surface area contributed by atoms with Crippen LogP contribution in [0.4, 0.5) is 0 Å². The van der Waals surface area contributed by atoms with Crippen LogP contribution >= 0.6 is 0 Å². The Morgan fingerprint density at radius 2 is 1.03 bits per heavy atom. The molecule has 198 valence electrons. The number of aryl methyl sites for hydroxylation is 1. The molecule has 0 aliphatic heterocycles. The molecule has 0 saturated heterocycles. The summed E-state index contributed by atoms with van der Waals surface area (Å²) in [6.07, 6.45) is 23.1. The van der Waals surface area contributed by atoms with Gasteiger partial charge in [0.1, 0.15) is 0 Å². The standard InChI is InChI=1S/C37H50/c1-3-5-7-9-10-11-13-15-33-18-22-35(23-19-33)25-27-37-30-28-36(29-31-37)26-24-34-20-16-32(17-21-34)14-12-8-6-4-2/h18-19,22-23,28-32,34H,3-12,14,16-17,20-21,24,26H2,1-2H3/t32-,34-. The van der Waals surface area contributed by atoms with Gasteiger partial charge in [-0.15, -0.1) is 0 Å². The lowest BCUT2D eigenvalue weighted by Crippen LogP contribution is -2.15. The van der Waals surface area contributed by atoms with Crippen LogP contribution in [0.15, 0.2) is 48.5 Å². The SMILES string of the molecule is CCCCCCCC#Cc1ccc(C#Cc2ccc(CC[C@H]3CC[C@H](CCCCCC)CC3)cc2)cc1. The third-order valence-electron chi connectivity index (χ3n) is 8.10. The van der Waals surface area contributed by atoms with E-state index in [1.165, 1.54) is 108 Å². The Kier molecular flexibility index (Phi) is 14.1. The van der Waals surface area contributed by atoms with Crippen LogP contribution in [0.3, 0.4) is 0 Å². The predicted molar refractivity (Wildman–Crippen MR) is 162 cm³/mol. The van der Waals surface area contributed by atoms with E-state index in [0.29, 0.717) is 0 Å². The van der Waals surface area contributed by atoms with Crippen LogP contribution in [0.1, 0.15) is 139 Å². The van der Waals surface area contributed by atoms with Crippen molar-refractivity contribution in [3.05, 3.63) is 70.8 Å². The lowest BCUT2D eigenvalue weighted by atomic mass is 9.77. The number of benzene rings is 2. The lowest BCUT2D eigenvalue weighted by molar-refractivity contribution is 0.249. The average Bonchev–Trinajstić information content (AvgIpc) is 2.94. The molecule has 0 heterocycles. The van der Waals surface area contributed by atoms with Gasteiger partial charge in [0.25, 0.3) is 0 Å². The molecule has 0 aromatic heterocycles. The fourth-order valence-electron chi connectivity index (χ4n) is 5.56. The van der Waals surface area contributed by atoms with E-state index in [-0.39, 0.29) is 0 Å². The Balaban J connectivity index is 1.35. The maximum atomic E-state index is 3.33. The van der Waals surface area contributed by atoms with E-state index in [1.54, 1.807) is 0 Å². The van der Waals surface area contributed by atoms with Gasteiger partial charge in [-0.05, 0) is 73.1 Å². The number of unbranched alkanes of at least 4 members (excludes halogenated alkanes) is 8. The summed E-state index contributed by atoms with van der Waals surface area (Å²) in [7, 11) is 0. The van der Waals surface area contributed by atoms with Gasteiger partial charge in [-0.25, -0.2) is 0 Å². The van der Waals surface area contributed by atoms with Gasteiger partial charge in [0.05, 0.1) is 0 Å². The quantitative estimate of drug-likeness (QED) is 0.192. The number of hydrogen-bond donors (Lipinski definition) is 0. The Morgan fingerprint density at radius 3 is 1.62 bits per heavy atom. The molecule has 1 aliphatic rings. The van der Waals surface area contributed by atoms with Gasteiger partial charge >= 0.3 is 0 Å². The minimum Gasteiger partial charge on any atom is -0.0979 e. The first-order chi connectivity index (χ1) is 18.3. The lowest BCUT2D eigenvalue weighted by Gasteiger charge is -2.28. The van der Waals surface area contributed by atoms with Crippen molar-refractivity contribution in [2.45, 2.75) is 123 Å². The minimum absolute atomic E-state index is 0.935. The van der Waals surface area contributed by atoms with E-state index >= 15 is 0 Å². The van der Waals surface area contributed by atoms with Crippen molar-refractivity contribution in [3.63, 3.8) is 0 Å². The Labute approximate surface area is 229 Å². The highest BCUT2D eigenvalue weighted by Gasteiger charge is 2.20. The first-order valence-electron chi connectivity index (χ1n) is 15.5. The van der Waals surface area contributed by atoms with Gasteiger partial charge in [0.15, 0.2) is 0 Å². The second-order valence-electron chi connectivity index (χ2n) is 11.3. The van der Waals surface area contributed by atoms with Crippen LogP contribution in [0.25, 0.3) is 0 Å². The molecule has 0 spiro atoms. The van der Waals surface area contributed by atoms with Crippen molar-refractivity contribution in [1.29, 1.82) is 0 Å². The molecule has 1 fully saturated rings. The number of hydrogen-bond acceptors (Lipinski definition) is 0. The summed E-state index contributed by atoms with van der Waals surface area (Å²) in [6.45, 7) is 4.56. The van der Waals surface area contributed by atoms with Crippen molar-refractivity contribution >= 4 is 0 Å². The van der Waals surface area contributed by atoms with E-state index in [0.717, 1.165) is 34.9 Å². The molecule has 3 rings (SSSR count). The molecule has 2 aromatic carbocycles. The number of rotatable bonds is 13. The molecule has 1 aliphatic carbocycles. The van der Waals surface area contributed by atoms with Gasteiger partial charge < -0.3 is 0 Å². The van der Waals surface area contributed by atoms with E-state index in [2.05, 4.69) is 86.1 Å². The monoisotopic (exact) mass is 494 g/mol. The molecule has 0 N–H and O–H groups in total. The largest absolute Gasteiger partial charge is 0.0979 e. The van der Waals surface area contributed by atoms with Crippen molar-refractivity contribution in [1.82, 2.24) is 0 Å². The highest BCUT2D eigenvalue weighted by Crippen LogP contribution is 2.34. The fourth-order valence-corrected chi connectivity index (χ4v) is 5.56. The first-order valence-corrected chi connectivity index (χ1v) is 15.5. The van der Waals surface area contributed by atoms with E-state index < -0.39 is 0 Å². The smallest absolute Gasteiger partial charge is 0.0249 e. The van der Waals surface area contributed by atoms with Gasteiger partial charge in [0, 0.05) is 23.1 Å². The Morgan fingerprint density at radius 1 is 0.541 bits per heavy atom. The molecule has 0 amide bonds. The van der Waals surface area contributed by atoms with Crippen LogP contribution in [-0.2, 0) is 6.42 Å². The van der Waals surface area contributed by atoms with E-state index in [9.17, 15) is 0 Å². The highest BCUT2D eigenvalue weighted by atomic mass is 14.3. The molecule has 37 heavy (non-hydrogen) atoms. The van der Waals surface area contributed by atoms with Crippen LogP contribution in [0, 0.1) is 35.5 Å². The van der Waals surface area contributed by atoms with E-state index in [4.69, 9.17) is 0 Å². The zero-order chi connectivity index (χ0) is 26.0. The predicted octanol–water partition coefficient (Wildman–Crippen LogP) is 10.5. The van der Waals surface area contributed by atoms with Gasteiger partial charge in [0.2, 0.25) is 0 Å². The topological polar surface area (TPSA) is 0 Å². The molecule has 0 heteroatoms. The van der Waals surface area contributed by atoms with Crippen LogP contribution in [0.5, 0.6) is 0 Å². The molecule has 0 bridgehead atoms. The fraction of sp³-hybridized carbons (Fsp3) is 0.568. The molecular formula is C37H50. The summed E-state index contributed by atoms with van der Waals surface area (Å²) in [6, 6.07) is 17.3. The summed E-state index contributed by atoms with van der Waals surface area (Å²) >= 11 is 0. The van der Waals surface area contributed by atoms with Crippen molar-refractivity contribution in [3.8, 4) is 23.7 Å². The molecule has 0 unspecified atom stereocenters. The summed E-state index contributed by atoms with van der Waals surface area (Å²) in [5, 5.41) is 0. The van der Waals surface area contributed by atoms with Crippen LogP contribution in [0.2, 0.25) is 0 Å². The van der Waals surface area contributed by atoms with Crippen LogP contribution < -0.4 is 0 Å². The van der Waals surface area contributed by atoms with E-state index in [1.807, 2.05) is 0 Å². The van der Waals surface area contributed by atoms with Crippen molar-refractivity contribution < 1.29 is 0 Å². The molecule has 1 saturated carbocycles. The summed E-state index contributed by atoms with van der Waals surface area (Å²) in [5.74, 6) is 15.2. The van der Waals surface area contributed by atoms with Crippen molar-refractivity contribution in [2.24, 2.45) is 11.8 Å². The molecule has 0 radical (unpaired) electrons. The van der Waals surface area contributed by atoms with Crippen LogP contribution in [-0.4, -0.2) is 0 Å². The summed E-state index contributed by atoms with van der Waals surface area (Å²) in [4.78, 5) is 0. The van der Waals surface area contributed by atoms with Gasteiger partial charge in [-0.1, -0.05) is 133 Å². The average molecular weight is 495 g/mol. The molecular weight excluding hydrogens is 444 g/mol. The third kappa shape index (κ3) is 12.1. The minimum atomic E-state index is 0.935. The zero-order valence-electron chi connectivity index (χ0n) is 23.8. The maximum absolute atomic E-state index is 3.33. The Hall–Kier alpha value is -2.44. The summed E-state index contributed by atoms with van der Waals surface area (Å²) in [5.41, 5.74) is 4.69. The Bertz CT molecular complexity index is 978. The highest BCUT2D eigenvalue weighted by molar-refractivity contribution is 5.46. The molecule has 0 nitrogen and oxygen atoms in total. The van der Waals surface area contributed by atoms with Gasteiger partial charge in [-0.3, -0.25) is 0 Å². The first kappa shape index (κ1) is 29.1. The van der Waals surface area contributed by atoms with Gasteiger partial charge in [-0.2, -0.15) is 0 Å². The molecule has 0 atom stereocenters. The second kappa shape index (κ2) is 17.9. The normalized spacial score (nSPS) is 16.9. The summed E-state index contributed by atoms with van der Waals surface area (Å²) < 4.78 is 0. The second-order valence-corrected chi connectivity index (χ2v) is 11.3. The van der Waals surface area contributed by atoms with Crippen molar-refractivity contribution in [2.75, 3.05) is 0 Å².